The van der Waals surface area contributed by atoms with Crippen molar-refractivity contribution in [2.24, 2.45) is 0 Å². The minimum Gasteiger partial charge on any atom is -0.390 e. The van der Waals surface area contributed by atoms with Crippen molar-refractivity contribution in [1.82, 2.24) is 9.21 Å². The van der Waals surface area contributed by atoms with Crippen molar-refractivity contribution in [3.05, 3.63) is 47.3 Å². The maximum atomic E-state index is 13.0. The number of hydrogen-bond acceptors (Lipinski definition) is 7. The van der Waals surface area contributed by atoms with E-state index in [0.717, 1.165) is 11.3 Å². The molecule has 0 aliphatic carbocycles. The molecule has 1 aromatic carbocycles. The van der Waals surface area contributed by atoms with Crippen LogP contribution in [0.1, 0.15) is 19.4 Å². The average molecular weight is 452 g/mol. The van der Waals surface area contributed by atoms with Crippen LogP contribution in [0.4, 0.5) is 5.69 Å². The molecule has 0 unspecified atom stereocenters. The molecule has 2 N–H and O–H groups in total. The summed E-state index contributed by atoms with van der Waals surface area (Å²) in [5, 5.41) is 21.7. The van der Waals surface area contributed by atoms with Crippen LogP contribution in [-0.4, -0.2) is 79.3 Å². The van der Waals surface area contributed by atoms with E-state index in [-0.39, 0.29) is 12.1 Å². The van der Waals surface area contributed by atoms with Crippen molar-refractivity contribution in [2.45, 2.75) is 35.8 Å². The van der Waals surface area contributed by atoms with E-state index in [1.165, 1.54) is 11.3 Å². The summed E-state index contributed by atoms with van der Waals surface area (Å²) >= 11 is 1.25. The maximum Gasteiger partial charge on any atom is 0.252 e. The van der Waals surface area contributed by atoms with Gasteiger partial charge in [-0.2, -0.15) is 4.31 Å². The number of sulfonamides is 1. The van der Waals surface area contributed by atoms with Crippen LogP contribution >= 0.6 is 11.3 Å². The Morgan fingerprint density at radius 2 is 1.80 bits per heavy atom. The lowest BCUT2D eigenvalue weighted by atomic mass is 9.98. The molecule has 164 valence electrons. The van der Waals surface area contributed by atoms with Gasteiger partial charge in [0.25, 0.3) is 10.0 Å². The SMILES string of the molecule is CC(C)(O)c1ccc(N2CCN(S(=O)(=O)c3cccs3)C[C@H]2CN2CC(O)C2)cc1. The molecule has 2 fully saturated rings. The smallest absolute Gasteiger partial charge is 0.252 e. The number of hydrogen-bond donors (Lipinski definition) is 2. The molecule has 0 bridgehead atoms. The predicted octanol–water partition coefficient (Wildman–Crippen LogP) is 1.53. The van der Waals surface area contributed by atoms with Crippen LogP contribution < -0.4 is 4.90 Å². The summed E-state index contributed by atoms with van der Waals surface area (Å²) in [5.74, 6) is 0. The van der Waals surface area contributed by atoms with Crippen LogP contribution in [0.15, 0.2) is 46.0 Å². The highest BCUT2D eigenvalue weighted by molar-refractivity contribution is 7.91. The van der Waals surface area contributed by atoms with E-state index < -0.39 is 15.6 Å². The van der Waals surface area contributed by atoms with Crippen LogP contribution in [0.5, 0.6) is 0 Å². The van der Waals surface area contributed by atoms with E-state index in [1.807, 2.05) is 24.3 Å². The molecular formula is C21H29N3O4S2. The fourth-order valence-electron chi connectivity index (χ4n) is 4.13. The molecule has 1 atom stereocenters. The van der Waals surface area contributed by atoms with Crippen molar-refractivity contribution < 1.29 is 18.6 Å². The number of piperazine rings is 1. The number of anilines is 1. The molecule has 2 aliphatic rings. The molecule has 2 aromatic rings. The van der Waals surface area contributed by atoms with Crippen molar-refractivity contribution in [3.63, 3.8) is 0 Å². The summed E-state index contributed by atoms with van der Waals surface area (Å²) in [6.07, 6.45) is -0.293. The Labute approximate surface area is 182 Å². The molecule has 3 heterocycles. The summed E-state index contributed by atoms with van der Waals surface area (Å²) in [6, 6.07) is 11.2. The fourth-order valence-corrected chi connectivity index (χ4v) is 6.74. The Morgan fingerprint density at radius 1 is 1.10 bits per heavy atom. The third-order valence-electron chi connectivity index (χ3n) is 5.85. The lowest BCUT2D eigenvalue weighted by Crippen LogP contribution is -2.62. The highest BCUT2D eigenvalue weighted by Crippen LogP contribution is 2.29. The number of β-amino-alcohol motifs (C(OH)–C–C–N with tert-alkyl or cyclic N) is 1. The third kappa shape index (κ3) is 4.42. The largest absolute Gasteiger partial charge is 0.390 e. The van der Waals surface area contributed by atoms with E-state index in [1.54, 1.807) is 35.7 Å². The molecular weight excluding hydrogens is 422 g/mol. The Bertz CT molecular complexity index is 949. The topological polar surface area (TPSA) is 84.3 Å². The summed E-state index contributed by atoms with van der Waals surface area (Å²) in [4.78, 5) is 4.41. The van der Waals surface area contributed by atoms with Crippen molar-refractivity contribution >= 4 is 27.0 Å². The van der Waals surface area contributed by atoms with Gasteiger partial charge in [-0.1, -0.05) is 18.2 Å². The lowest BCUT2D eigenvalue weighted by molar-refractivity contribution is -0.00304. The normalized spacial score (nSPS) is 22.3. The number of rotatable bonds is 6. The first kappa shape index (κ1) is 21.7. The number of likely N-dealkylation sites (tertiary alicyclic amines) is 1. The molecule has 0 saturated carbocycles. The van der Waals surface area contributed by atoms with E-state index in [4.69, 9.17) is 0 Å². The standard InChI is InChI=1S/C21H29N3O4S2/c1-21(2,26)16-5-7-17(8-6-16)24-10-9-23(30(27,28)20-4-3-11-29-20)13-18(24)12-22-14-19(25)15-22/h3-8,11,18-19,25-26H,9-10,12-15H2,1-2H3/t18-/m1/s1. The summed E-state index contributed by atoms with van der Waals surface area (Å²) in [7, 11) is -3.49. The van der Waals surface area contributed by atoms with Gasteiger partial charge in [0.2, 0.25) is 0 Å². The summed E-state index contributed by atoms with van der Waals surface area (Å²) in [5.41, 5.74) is 0.953. The molecule has 0 amide bonds. The van der Waals surface area contributed by atoms with Gasteiger partial charge in [-0.05, 0) is 43.0 Å². The summed E-state index contributed by atoms with van der Waals surface area (Å²) in [6.45, 7) is 6.88. The van der Waals surface area contributed by atoms with Gasteiger partial charge < -0.3 is 15.1 Å². The Hall–Kier alpha value is -1.49. The highest BCUT2D eigenvalue weighted by atomic mass is 32.2. The number of aliphatic hydroxyl groups is 2. The zero-order valence-corrected chi connectivity index (χ0v) is 18.9. The molecule has 9 heteroatoms. The number of nitrogens with zero attached hydrogens (tertiary/aromatic N) is 3. The van der Waals surface area contributed by atoms with Gasteiger partial charge in [-0.15, -0.1) is 11.3 Å². The van der Waals surface area contributed by atoms with Crippen molar-refractivity contribution in [1.29, 1.82) is 0 Å². The quantitative estimate of drug-likeness (QED) is 0.693. The van der Waals surface area contributed by atoms with Gasteiger partial charge in [0.05, 0.1) is 17.7 Å². The van der Waals surface area contributed by atoms with Crippen molar-refractivity contribution in [3.8, 4) is 0 Å². The van der Waals surface area contributed by atoms with Crippen molar-refractivity contribution in [2.75, 3.05) is 44.2 Å². The Balaban J connectivity index is 1.56. The molecule has 30 heavy (non-hydrogen) atoms. The van der Waals surface area contributed by atoms with Crippen LogP contribution in [0.25, 0.3) is 0 Å². The predicted molar refractivity (Wildman–Crippen MR) is 118 cm³/mol. The van der Waals surface area contributed by atoms with E-state index in [0.29, 0.717) is 43.5 Å². The first-order valence-corrected chi connectivity index (χ1v) is 12.5. The first-order valence-electron chi connectivity index (χ1n) is 10.2. The lowest BCUT2D eigenvalue weighted by Gasteiger charge is -2.46. The van der Waals surface area contributed by atoms with E-state index in [9.17, 15) is 18.6 Å². The molecule has 4 rings (SSSR count). The monoisotopic (exact) mass is 451 g/mol. The molecule has 0 radical (unpaired) electrons. The van der Waals surface area contributed by atoms with Gasteiger partial charge in [0, 0.05) is 45.0 Å². The minimum atomic E-state index is -3.49. The number of aliphatic hydroxyl groups excluding tert-OH is 1. The zero-order chi connectivity index (χ0) is 21.5. The average Bonchev–Trinajstić information content (AvgIpc) is 3.22. The van der Waals surface area contributed by atoms with Gasteiger partial charge in [-0.3, -0.25) is 4.90 Å². The second-order valence-corrected chi connectivity index (χ2v) is 11.7. The van der Waals surface area contributed by atoms with Gasteiger partial charge in [0.15, 0.2) is 0 Å². The van der Waals surface area contributed by atoms with Gasteiger partial charge >= 0.3 is 0 Å². The highest BCUT2D eigenvalue weighted by Gasteiger charge is 2.37. The van der Waals surface area contributed by atoms with Gasteiger partial charge in [-0.25, -0.2) is 8.42 Å². The number of thiophene rings is 1. The number of benzene rings is 1. The van der Waals surface area contributed by atoms with Crippen LogP contribution in [0.2, 0.25) is 0 Å². The first-order chi connectivity index (χ1) is 14.1. The van der Waals surface area contributed by atoms with Crippen LogP contribution in [0.3, 0.4) is 0 Å². The van der Waals surface area contributed by atoms with E-state index >= 15 is 0 Å². The molecule has 2 aliphatic heterocycles. The molecule has 2 saturated heterocycles. The zero-order valence-electron chi connectivity index (χ0n) is 17.3. The molecule has 7 nitrogen and oxygen atoms in total. The second-order valence-electron chi connectivity index (χ2n) is 8.62. The molecule has 1 aromatic heterocycles. The third-order valence-corrected chi connectivity index (χ3v) is 9.09. The summed E-state index contributed by atoms with van der Waals surface area (Å²) < 4.78 is 28.1. The molecule has 0 spiro atoms. The Morgan fingerprint density at radius 3 is 2.37 bits per heavy atom. The van der Waals surface area contributed by atoms with Gasteiger partial charge in [0.1, 0.15) is 4.21 Å². The second kappa shape index (κ2) is 8.22. The Kier molecular flexibility index (Phi) is 5.95. The fraction of sp³-hybridized carbons (Fsp3) is 0.524. The van der Waals surface area contributed by atoms with Crippen LogP contribution in [0, 0.1) is 0 Å². The maximum absolute atomic E-state index is 13.0. The minimum absolute atomic E-state index is 0.0195. The van der Waals surface area contributed by atoms with E-state index in [2.05, 4.69) is 9.80 Å². The van der Waals surface area contributed by atoms with Crippen LogP contribution in [-0.2, 0) is 15.6 Å².